The zero-order valence-electron chi connectivity index (χ0n) is 12.9. The number of rotatable bonds is 7. The fourth-order valence-corrected chi connectivity index (χ4v) is 4.12. The van der Waals surface area contributed by atoms with Crippen LogP contribution in [0.4, 0.5) is 5.69 Å². The minimum Gasteiger partial charge on any atom is -0.388 e. The van der Waals surface area contributed by atoms with E-state index >= 15 is 0 Å². The second kappa shape index (κ2) is 7.06. The molecule has 1 N–H and O–H groups in total. The highest BCUT2D eigenvalue weighted by Crippen LogP contribution is 2.27. The topological polar surface area (TPSA) is 58.6 Å². The Morgan fingerprint density at radius 1 is 1.25 bits per heavy atom. The van der Waals surface area contributed by atoms with Crippen molar-refractivity contribution >= 4 is 15.7 Å². The van der Waals surface area contributed by atoms with Crippen LogP contribution in [0.2, 0.25) is 0 Å². The number of hydrogen-bond donors (Lipinski definition) is 1. The highest BCUT2D eigenvalue weighted by molar-refractivity contribution is 7.89. The first-order valence-corrected chi connectivity index (χ1v) is 8.10. The van der Waals surface area contributed by atoms with Gasteiger partial charge in [0.15, 0.2) is 0 Å². The van der Waals surface area contributed by atoms with E-state index in [0.29, 0.717) is 24.6 Å². The Balaban J connectivity index is 3.27. The molecule has 0 unspecified atom stereocenters. The molecular formula is C14H24N2O3S. The first-order valence-electron chi connectivity index (χ1n) is 6.66. The summed E-state index contributed by atoms with van der Waals surface area (Å²) in [7, 11) is -0.0972. The van der Waals surface area contributed by atoms with Crippen LogP contribution < -0.4 is 5.32 Å². The molecule has 5 nitrogen and oxygen atoms in total. The Kier molecular flexibility index (Phi) is 5.98. The fourth-order valence-electron chi connectivity index (χ4n) is 2.27. The minimum atomic E-state index is -3.48. The summed E-state index contributed by atoms with van der Waals surface area (Å²) in [4.78, 5) is 0.398. The van der Waals surface area contributed by atoms with Gasteiger partial charge in [0.25, 0.3) is 0 Å². The van der Waals surface area contributed by atoms with Crippen LogP contribution >= 0.6 is 0 Å². The minimum absolute atomic E-state index is 0.363. The average Bonchev–Trinajstić information content (AvgIpc) is 2.37. The van der Waals surface area contributed by atoms with Gasteiger partial charge in [0, 0.05) is 32.9 Å². The van der Waals surface area contributed by atoms with Crippen molar-refractivity contribution < 1.29 is 13.2 Å². The van der Waals surface area contributed by atoms with Crippen LogP contribution in [-0.2, 0) is 14.8 Å². The predicted octanol–water partition coefficient (Wildman–Crippen LogP) is 2.00. The summed E-state index contributed by atoms with van der Waals surface area (Å²) in [6.07, 6.45) is 0. The van der Waals surface area contributed by atoms with Gasteiger partial charge >= 0.3 is 0 Å². The van der Waals surface area contributed by atoms with Gasteiger partial charge in [-0.2, -0.15) is 4.31 Å². The number of benzene rings is 1. The molecule has 0 aromatic heterocycles. The molecular weight excluding hydrogens is 276 g/mol. The number of anilines is 1. The van der Waals surface area contributed by atoms with Crippen molar-refractivity contribution in [3.05, 3.63) is 23.3 Å². The Morgan fingerprint density at radius 2 is 1.80 bits per heavy atom. The maximum atomic E-state index is 12.8. The molecule has 0 bridgehead atoms. The Hall–Kier alpha value is -1.11. The van der Waals surface area contributed by atoms with E-state index in [1.807, 2.05) is 40.0 Å². The van der Waals surface area contributed by atoms with E-state index in [9.17, 15) is 8.42 Å². The second-order valence-electron chi connectivity index (χ2n) is 4.68. The van der Waals surface area contributed by atoms with Crippen molar-refractivity contribution in [1.29, 1.82) is 0 Å². The van der Waals surface area contributed by atoms with Crippen molar-refractivity contribution in [3.63, 3.8) is 0 Å². The number of nitrogens with zero attached hydrogens (tertiary/aromatic N) is 1. The van der Waals surface area contributed by atoms with Gasteiger partial charge in [0.2, 0.25) is 10.0 Å². The van der Waals surface area contributed by atoms with Crippen LogP contribution in [0.15, 0.2) is 17.0 Å². The molecule has 1 rings (SSSR count). The van der Waals surface area contributed by atoms with Crippen molar-refractivity contribution in [2.24, 2.45) is 0 Å². The largest absolute Gasteiger partial charge is 0.388 e. The molecule has 0 saturated carbocycles. The van der Waals surface area contributed by atoms with Crippen molar-refractivity contribution in [1.82, 2.24) is 4.31 Å². The predicted molar refractivity (Wildman–Crippen MR) is 81.8 cm³/mol. The number of sulfonamides is 1. The Morgan fingerprint density at radius 3 is 2.20 bits per heavy atom. The molecule has 1 aromatic rings. The van der Waals surface area contributed by atoms with Gasteiger partial charge in [-0.1, -0.05) is 6.92 Å². The molecule has 0 fully saturated rings. The Bertz CT molecular complexity index is 533. The van der Waals surface area contributed by atoms with Crippen molar-refractivity contribution in [2.75, 3.05) is 39.2 Å². The van der Waals surface area contributed by atoms with Crippen LogP contribution in [0.1, 0.15) is 18.1 Å². The van der Waals surface area contributed by atoms with Gasteiger partial charge in [-0.25, -0.2) is 8.42 Å². The first kappa shape index (κ1) is 16.9. The molecule has 0 radical (unpaired) electrons. The maximum absolute atomic E-state index is 12.8. The number of aryl methyl sites for hydroxylation is 2. The lowest BCUT2D eigenvalue weighted by Crippen LogP contribution is -2.34. The summed E-state index contributed by atoms with van der Waals surface area (Å²) >= 11 is 0. The number of methoxy groups -OCH3 is 1. The van der Waals surface area contributed by atoms with E-state index in [1.165, 1.54) is 4.31 Å². The van der Waals surface area contributed by atoms with E-state index in [-0.39, 0.29) is 0 Å². The smallest absolute Gasteiger partial charge is 0.243 e. The van der Waals surface area contributed by atoms with Gasteiger partial charge in [-0.05, 0) is 37.1 Å². The lowest BCUT2D eigenvalue weighted by molar-refractivity contribution is 0.180. The number of hydrogen-bond acceptors (Lipinski definition) is 4. The van der Waals surface area contributed by atoms with Crippen molar-refractivity contribution in [3.8, 4) is 0 Å². The molecule has 20 heavy (non-hydrogen) atoms. The summed E-state index contributed by atoms with van der Waals surface area (Å²) in [6, 6.07) is 3.70. The summed E-state index contributed by atoms with van der Waals surface area (Å²) in [5, 5.41) is 3.04. The highest BCUT2D eigenvalue weighted by Gasteiger charge is 2.26. The SMILES string of the molecule is CCN(CCOC)S(=O)(=O)c1c(C)cc(NC)cc1C. The Labute approximate surface area is 122 Å². The van der Waals surface area contributed by atoms with E-state index in [2.05, 4.69) is 5.32 Å². The molecule has 0 spiro atoms. The molecule has 0 amide bonds. The van der Waals surface area contributed by atoms with Gasteiger partial charge in [0.05, 0.1) is 11.5 Å². The third kappa shape index (κ3) is 3.50. The molecule has 0 saturated heterocycles. The molecule has 1 aromatic carbocycles. The molecule has 0 heterocycles. The summed E-state index contributed by atoms with van der Waals surface area (Å²) in [6.45, 7) is 6.66. The van der Waals surface area contributed by atoms with E-state index in [1.54, 1.807) is 7.11 Å². The van der Waals surface area contributed by atoms with E-state index < -0.39 is 10.0 Å². The quantitative estimate of drug-likeness (QED) is 0.837. The van der Waals surface area contributed by atoms with Gasteiger partial charge in [-0.15, -0.1) is 0 Å². The fraction of sp³-hybridized carbons (Fsp3) is 0.571. The lowest BCUT2D eigenvalue weighted by Gasteiger charge is -2.23. The summed E-state index contributed by atoms with van der Waals surface area (Å²) < 4.78 is 32.0. The number of ether oxygens (including phenoxy) is 1. The molecule has 0 aliphatic rings. The normalized spacial score (nSPS) is 11.9. The van der Waals surface area contributed by atoms with E-state index in [0.717, 1.165) is 16.8 Å². The third-order valence-corrected chi connectivity index (χ3v) is 5.52. The van der Waals surface area contributed by atoms with Crippen LogP contribution in [-0.4, -0.2) is 46.6 Å². The van der Waals surface area contributed by atoms with Gasteiger partial charge in [-0.3, -0.25) is 0 Å². The van der Waals surface area contributed by atoms with Crippen LogP contribution in [0.5, 0.6) is 0 Å². The van der Waals surface area contributed by atoms with E-state index in [4.69, 9.17) is 4.74 Å². The third-order valence-electron chi connectivity index (χ3n) is 3.24. The number of likely N-dealkylation sites (N-methyl/N-ethyl adjacent to an activating group) is 1. The van der Waals surface area contributed by atoms with Gasteiger partial charge in [0.1, 0.15) is 0 Å². The van der Waals surface area contributed by atoms with Crippen molar-refractivity contribution in [2.45, 2.75) is 25.7 Å². The summed E-state index contributed by atoms with van der Waals surface area (Å²) in [5.41, 5.74) is 2.43. The van der Waals surface area contributed by atoms with Crippen LogP contribution in [0.25, 0.3) is 0 Å². The zero-order chi connectivity index (χ0) is 15.3. The number of nitrogens with one attached hydrogen (secondary N) is 1. The first-order chi connectivity index (χ1) is 9.38. The molecule has 0 aliphatic carbocycles. The molecule has 6 heteroatoms. The van der Waals surface area contributed by atoms with Crippen LogP contribution in [0.3, 0.4) is 0 Å². The highest BCUT2D eigenvalue weighted by atomic mass is 32.2. The second-order valence-corrected chi connectivity index (χ2v) is 6.55. The maximum Gasteiger partial charge on any atom is 0.243 e. The van der Waals surface area contributed by atoms with Crippen LogP contribution in [0, 0.1) is 13.8 Å². The monoisotopic (exact) mass is 300 g/mol. The molecule has 114 valence electrons. The lowest BCUT2D eigenvalue weighted by atomic mass is 10.1. The molecule has 0 aliphatic heterocycles. The van der Waals surface area contributed by atoms with Gasteiger partial charge < -0.3 is 10.1 Å². The molecule has 0 atom stereocenters. The summed E-state index contributed by atoms with van der Waals surface area (Å²) in [5.74, 6) is 0. The zero-order valence-corrected chi connectivity index (χ0v) is 13.7. The average molecular weight is 300 g/mol. The standard InChI is InChI=1S/C14H24N2O3S/c1-6-16(7-8-19-5)20(17,18)14-11(2)9-13(15-4)10-12(14)3/h9-10,15H,6-8H2,1-5H3.